The van der Waals surface area contributed by atoms with Gasteiger partial charge in [0.25, 0.3) is 0 Å². The Morgan fingerprint density at radius 3 is 2.64 bits per heavy atom. The van der Waals surface area contributed by atoms with Crippen LogP contribution in [0.3, 0.4) is 0 Å². The van der Waals surface area contributed by atoms with Crippen molar-refractivity contribution in [3.63, 3.8) is 0 Å². The van der Waals surface area contributed by atoms with E-state index in [1.165, 1.54) is 0 Å². The maximum Gasteiger partial charge on any atom is 0.352 e. The fourth-order valence-electron chi connectivity index (χ4n) is 1.03. The molecule has 1 aromatic rings. The fraction of sp³-hybridized carbons (Fsp3) is 0.250. The van der Waals surface area contributed by atoms with Crippen LogP contribution in [0.15, 0.2) is 12.1 Å². The van der Waals surface area contributed by atoms with Gasteiger partial charge in [0, 0.05) is 12.1 Å². The molecule has 0 unspecified atom stereocenters. The number of ether oxygens (including phenoxy) is 1. The summed E-state index contributed by atoms with van der Waals surface area (Å²) < 4.78 is 4.90. The third-order valence-corrected chi connectivity index (χ3v) is 1.52. The highest BCUT2D eigenvalue weighted by atomic mass is 16.6. The van der Waals surface area contributed by atoms with Gasteiger partial charge in [-0.15, -0.1) is 0 Å². The van der Waals surface area contributed by atoms with Gasteiger partial charge < -0.3 is 14.9 Å². The fourth-order valence-corrected chi connectivity index (χ4v) is 1.03. The lowest BCUT2D eigenvalue weighted by Crippen LogP contribution is -1.97. The maximum absolute atomic E-state index is 10.5. The van der Waals surface area contributed by atoms with Gasteiger partial charge in [-0.3, -0.25) is 10.1 Å². The molecule has 6 heteroatoms. The van der Waals surface area contributed by atoms with Crippen LogP contribution in [0.2, 0.25) is 0 Å². The molecule has 0 aliphatic rings. The molecular formula is C8H9NO5. The van der Waals surface area contributed by atoms with Crippen LogP contribution in [0.25, 0.3) is 0 Å². The van der Waals surface area contributed by atoms with E-state index < -0.39 is 16.4 Å². The summed E-state index contributed by atoms with van der Waals surface area (Å²) in [6, 6.07) is 1.97. The van der Waals surface area contributed by atoms with Crippen molar-refractivity contribution in [2.24, 2.45) is 0 Å². The summed E-state index contributed by atoms with van der Waals surface area (Å²) in [4.78, 5) is 9.75. The summed E-state index contributed by atoms with van der Waals surface area (Å²) in [7, 11) is 0. The second kappa shape index (κ2) is 3.82. The van der Waals surface area contributed by atoms with Crippen molar-refractivity contribution >= 4 is 5.69 Å². The van der Waals surface area contributed by atoms with Crippen LogP contribution >= 0.6 is 0 Å². The number of phenols is 2. The van der Waals surface area contributed by atoms with Crippen molar-refractivity contribution in [2.45, 2.75) is 6.92 Å². The van der Waals surface area contributed by atoms with E-state index in [-0.39, 0.29) is 18.1 Å². The topological polar surface area (TPSA) is 92.8 Å². The van der Waals surface area contributed by atoms with E-state index in [9.17, 15) is 15.2 Å². The lowest BCUT2D eigenvalue weighted by Gasteiger charge is -2.05. The number of hydrogen-bond acceptors (Lipinski definition) is 5. The third kappa shape index (κ3) is 1.85. The number of nitro groups is 1. The van der Waals surface area contributed by atoms with Crippen LogP contribution in [0.5, 0.6) is 17.2 Å². The summed E-state index contributed by atoms with van der Waals surface area (Å²) >= 11 is 0. The summed E-state index contributed by atoms with van der Waals surface area (Å²) in [6.07, 6.45) is 0. The summed E-state index contributed by atoms with van der Waals surface area (Å²) in [5.41, 5.74) is -0.537. The first-order valence-electron chi connectivity index (χ1n) is 3.89. The van der Waals surface area contributed by atoms with Crippen LogP contribution in [-0.2, 0) is 0 Å². The molecule has 0 bridgehead atoms. The molecule has 14 heavy (non-hydrogen) atoms. The van der Waals surface area contributed by atoms with E-state index in [2.05, 4.69) is 0 Å². The summed E-state index contributed by atoms with van der Waals surface area (Å²) in [5, 5.41) is 28.8. The Balaban J connectivity index is 3.28. The van der Waals surface area contributed by atoms with E-state index >= 15 is 0 Å². The molecule has 0 saturated heterocycles. The first-order chi connectivity index (χ1) is 6.56. The average Bonchev–Trinajstić information content (AvgIpc) is 2.01. The molecule has 1 rings (SSSR count). The van der Waals surface area contributed by atoms with Gasteiger partial charge in [0.05, 0.1) is 11.5 Å². The quantitative estimate of drug-likeness (QED) is 0.567. The van der Waals surface area contributed by atoms with Gasteiger partial charge in [-0.2, -0.15) is 0 Å². The molecule has 0 atom stereocenters. The predicted octanol–water partition coefficient (Wildman–Crippen LogP) is 1.40. The van der Waals surface area contributed by atoms with E-state index in [0.717, 1.165) is 12.1 Å². The number of benzene rings is 1. The Hall–Kier alpha value is -1.98. The number of rotatable bonds is 3. The molecule has 0 heterocycles. The van der Waals surface area contributed by atoms with Crippen LogP contribution in [0.4, 0.5) is 5.69 Å². The number of aromatic hydroxyl groups is 2. The molecule has 2 N–H and O–H groups in total. The molecule has 0 radical (unpaired) electrons. The number of phenolic OH excluding ortho intramolecular Hbond substituents is 2. The maximum atomic E-state index is 10.5. The van der Waals surface area contributed by atoms with E-state index in [0.29, 0.717) is 0 Å². The van der Waals surface area contributed by atoms with Crippen molar-refractivity contribution in [1.82, 2.24) is 0 Å². The lowest BCUT2D eigenvalue weighted by molar-refractivity contribution is -0.386. The minimum atomic E-state index is -0.764. The highest BCUT2D eigenvalue weighted by Gasteiger charge is 2.22. The van der Waals surface area contributed by atoms with Crippen molar-refractivity contribution < 1.29 is 19.9 Å². The second-order valence-corrected chi connectivity index (χ2v) is 2.50. The Morgan fingerprint density at radius 1 is 1.50 bits per heavy atom. The van der Waals surface area contributed by atoms with Crippen molar-refractivity contribution in [3.8, 4) is 17.2 Å². The van der Waals surface area contributed by atoms with Crippen LogP contribution in [0.1, 0.15) is 6.92 Å². The monoisotopic (exact) mass is 199 g/mol. The zero-order chi connectivity index (χ0) is 10.7. The Labute approximate surface area is 79.5 Å². The minimum Gasteiger partial charge on any atom is -0.508 e. The van der Waals surface area contributed by atoms with Crippen LogP contribution in [0, 0.1) is 10.1 Å². The van der Waals surface area contributed by atoms with Gasteiger partial charge in [0.1, 0.15) is 5.75 Å². The van der Waals surface area contributed by atoms with Crippen LogP contribution < -0.4 is 4.74 Å². The number of nitro benzene ring substituents is 1. The van der Waals surface area contributed by atoms with Crippen molar-refractivity contribution in [3.05, 3.63) is 22.2 Å². The van der Waals surface area contributed by atoms with E-state index in [4.69, 9.17) is 9.84 Å². The van der Waals surface area contributed by atoms with Gasteiger partial charge in [-0.25, -0.2) is 0 Å². The number of nitrogens with zero attached hydrogens (tertiary/aromatic N) is 1. The molecular weight excluding hydrogens is 190 g/mol. The number of hydrogen-bond donors (Lipinski definition) is 2. The van der Waals surface area contributed by atoms with Gasteiger partial charge >= 0.3 is 5.69 Å². The van der Waals surface area contributed by atoms with Gasteiger partial charge in [-0.1, -0.05) is 0 Å². The molecule has 6 nitrogen and oxygen atoms in total. The van der Waals surface area contributed by atoms with Gasteiger partial charge in [0.2, 0.25) is 11.5 Å². The lowest BCUT2D eigenvalue weighted by atomic mass is 10.2. The molecule has 0 saturated carbocycles. The summed E-state index contributed by atoms with van der Waals surface area (Å²) in [5.74, 6) is -1.04. The molecule has 0 aromatic heterocycles. The van der Waals surface area contributed by atoms with E-state index in [1.807, 2.05) is 0 Å². The third-order valence-electron chi connectivity index (χ3n) is 1.52. The first kappa shape index (κ1) is 10.1. The first-order valence-corrected chi connectivity index (χ1v) is 3.89. The Kier molecular flexibility index (Phi) is 2.76. The standard InChI is InChI=1S/C8H9NO5/c1-2-14-7-4-5(10)3-6(11)8(7)9(12)13/h3-4,10-11H,2H2,1H3. The molecule has 0 fully saturated rings. The predicted molar refractivity (Wildman–Crippen MR) is 47.6 cm³/mol. The average molecular weight is 199 g/mol. The Bertz CT molecular complexity index is 363. The SMILES string of the molecule is CCOc1cc(O)cc(O)c1[N+](=O)[O-]. The normalized spacial score (nSPS) is 9.79. The molecule has 0 spiro atoms. The van der Waals surface area contributed by atoms with Crippen molar-refractivity contribution in [1.29, 1.82) is 0 Å². The molecule has 0 amide bonds. The highest BCUT2D eigenvalue weighted by Crippen LogP contribution is 2.39. The molecule has 1 aromatic carbocycles. The summed E-state index contributed by atoms with van der Waals surface area (Å²) in [6.45, 7) is 1.86. The molecule has 0 aliphatic carbocycles. The Morgan fingerprint density at radius 2 is 2.14 bits per heavy atom. The second-order valence-electron chi connectivity index (χ2n) is 2.50. The smallest absolute Gasteiger partial charge is 0.352 e. The van der Waals surface area contributed by atoms with Gasteiger partial charge in [-0.05, 0) is 6.92 Å². The molecule has 0 aliphatic heterocycles. The van der Waals surface area contributed by atoms with Gasteiger partial charge in [0.15, 0.2) is 0 Å². The van der Waals surface area contributed by atoms with Crippen molar-refractivity contribution in [2.75, 3.05) is 6.61 Å². The minimum absolute atomic E-state index is 0.144. The van der Waals surface area contributed by atoms with Crippen LogP contribution in [-0.4, -0.2) is 21.7 Å². The highest BCUT2D eigenvalue weighted by molar-refractivity contribution is 5.59. The zero-order valence-corrected chi connectivity index (χ0v) is 7.43. The zero-order valence-electron chi connectivity index (χ0n) is 7.43. The van der Waals surface area contributed by atoms with E-state index in [1.54, 1.807) is 6.92 Å². The molecule has 76 valence electrons. The largest absolute Gasteiger partial charge is 0.508 e.